The highest BCUT2D eigenvalue weighted by Gasteiger charge is 2.30. The molecule has 1 aliphatic carbocycles. The van der Waals surface area contributed by atoms with Crippen molar-refractivity contribution in [1.82, 2.24) is 15.1 Å². The standard InChI is InChI=1S/C15H26N4O/c1-18-8-10-19(11-9-18)15(20)7-6-14-16-12-4-2-3-5-13(12)17-14/h12-13H,2-11H2,1H3,(H,16,17)/t12-,13+. The number of likely N-dealkylation sites (N-methyl/N-ethyl adjacent to an activating group) is 1. The second-order valence-electron chi connectivity index (χ2n) is 6.36. The molecule has 0 unspecified atom stereocenters. The number of piperazine rings is 1. The van der Waals surface area contributed by atoms with Crippen LogP contribution in [0.3, 0.4) is 0 Å². The normalized spacial score (nSPS) is 30.6. The molecule has 2 aliphatic heterocycles. The fourth-order valence-corrected chi connectivity index (χ4v) is 3.46. The van der Waals surface area contributed by atoms with E-state index in [4.69, 9.17) is 4.99 Å². The molecule has 0 aromatic rings. The maximum Gasteiger partial charge on any atom is 0.223 e. The van der Waals surface area contributed by atoms with Crippen LogP contribution in [0.5, 0.6) is 0 Å². The van der Waals surface area contributed by atoms with E-state index in [-0.39, 0.29) is 5.91 Å². The molecule has 20 heavy (non-hydrogen) atoms. The number of aliphatic imine (C=N–C) groups is 1. The number of hydrogen-bond acceptors (Lipinski definition) is 4. The van der Waals surface area contributed by atoms with Crippen molar-refractivity contribution in [3.8, 4) is 0 Å². The Bertz CT molecular complexity index is 387. The lowest BCUT2D eigenvalue weighted by Gasteiger charge is -2.32. The summed E-state index contributed by atoms with van der Waals surface area (Å²) in [6.07, 6.45) is 6.47. The number of carbonyl (C=O) groups excluding carboxylic acids is 1. The van der Waals surface area contributed by atoms with Gasteiger partial charge in [-0.1, -0.05) is 12.8 Å². The highest BCUT2D eigenvalue weighted by atomic mass is 16.2. The molecule has 1 saturated heterocycles. The lowest BCUT2D eigenvalue weighted by Crippen LogP contribution is -2.47. The van der Waals surface area contributed by atoms with Crippen LogP contribution in [-0.4, -0.2) is 66.9 Å². The van der Waals surface area contributed by atoms with Gasteiger partial charge in [-0.05, 0) is 19.9 Å². The van der Waals surface area contributed by atoms with Crippen LogP contribution in [0.4, 0.5) is 0 Å². The number of carbonyl (C=O) groups is 1. The first kappa shape index (κ1) is 13.9. The van der Waals surface area contributed by atoms with Gasteiger partial charge in [-0.2, -0.15) is 0 Å². The molecule has 0 bridgehead atoms. The Hall–Kier alpha value is -1.10. The van der Waals surface area contributed by atoms with Crippen LogP contribution in [0.25, 0.3) is 0 Å². The molecule has 0 aromatic carbocycles. The van der Waals surface area contributed by atoms with Crippen molar-refractivity contribution in [2.45, 2.75) is 50.6 Å². The van der Waals surface area contributed by atoms with Gasteiger partial charge in [0.2, 0.25) is 5.91 Å². The van der Waals surface area contributed by atoms with E-state index >= 15 is 0 Å². The average molecular weight is 278 g/mol. The van der Waals surface area contributed by atoms with Gasteiger partial charge in [-0.25, -0.2) is 0 Å². The molecule has 3 aliphatic rings. The number of hydrogen-bond donors (Lipinski definition) is 1. The SMILES string of the molecule is CN1CCN(C(=O)CCC2=N[C@@H]3CCCC[C@@H]3N2)CC1. The molecule has 5 nitrogen and oxygen atoms in total. The third kappa shape index (κ3) is 3.14. The summed E-state index contributed by atoms with van der Waals surface area (Å²) in [6, 6.07) is 1.04. The number of rotatable bonds is 3. The minimum Gasteiger partial charge on any atom is -0.369 e. The minimum atomic E-state index is 0.289. The van der Waals surface area contributed by atoms with Crippen molar-refractivity contribution < 1.29 is 4.79 Å². The predicted octanol–water partition coefficient (Wildman–Crippen LogP) is 0.853. The molecule has 3 rings (SSSR count). The maximum absolute atomic E-state index is 12.2. The van der Waals surface area contributed by atoms with Gasteiger partial charge in [0.15, 0.2) is 0 Å². The van der Waals surface area contributed by atoms with Gasteiger partial charge in [0.05, 0.1) is 11.9 Å². The van der Waals surface area contributed by atoms with Gasteiger partial charge in [0, 0.05) is 45.1 Å². The molecule has 0 radical (unpaired) electrons. The van der Waals surface area contributed by atoms with Gasteiger partial charge < -0.3 is 15.1 Å². The molecular formula is C15H26N4O. The molecule has 1 N–H and O–H groups in total. The van der Waals surface area contributed by atoms with Gasteiger partial charge >= 0.3 is 0 Å². The van der Waals surface area contributed by atoms with Crippen LogP contribution >= 0.6 is 0 Å². The molecule has 1 amide bonds. The van der Waals surface area contributed by atoms with Crippen molar-refractivity contribution in [1.29, 1.82) is 0 Å². The third-order valence-electron chi connectivity index (χ3n) is 4.83. The summed E-state index contributed by atoms with van der Waals surface area (Å²) in [6.45, 7) is 3.74. The summed E-state index contributed by atoms with van der Waals surface area (Å²) >= 11 is 0. The van der Waals surface area contributed by atoms with E-state index in [0.717, 1.165) is 38.4 Å². The monoisotopic (exact) mass is 278 g/mol. The van der Waals surface area contributed by atoms with Crippen molar-refractivity contribution in [3.05, 3.63) is 0 Å². The van der Waals surface area contributed by atoms with Crippen LogP contribution < -0.4 is 5.32 Å². The molecule has 112 valence electrons. The highest BCUT2D eigenvalue weighted by molar-refractivity contribution is 5.88. The summed E-state index contributed by atoms with van der Waals surface area (Å²) in [5.41, 5.74) is 0. The van der Waals surface area contributed by atoms with E-state index in [1.54, 1.807) is 0 Å². The zero-order valence-electron chi connectivity index (χ0n) is 12.5. The quantitative estimate of drug-likeness (QED) is 0.833. The van der Waals surface area contributed by atoms with E-state index in [1.165, 1.54) is 25.7 Å². The third-order valence-corrected chi connectivity index (χ3v) is 4.83. The van der Waals surface area contributed by atoms with E-state index in [2.05, 4.69) is 17.3 Å². The molecular weight excluding hydrogens is 252 g/mol. The van der Waals surface area contributed by atoms with Gasteiger partial charge in [-0.3, -0.25) is 9.79 Å². The number of amidine groups is 1. The number of amides is 1. The van der Waals surface area contributed by atoms with E-state index < -0.39 is 0 Å². The lowest BCUT2D eigenvalue weighted by molar-refractivity contribution is -0.132. The maximum atomic E-state index is 12.2. The zero-order valence-corrected chi connectivity index (χ0v) is 12.5. The molecule has 2 atom stereocenters. The Morgan fingerprint density at radius 2 is 2.00 bits per heavy atom. The Kier molecular flexibility index (Phi) is 4.24. The van der Waals surface area contributed by atoms with Crippen LogP contribution in [-0.2, 0) is 4.79 Å². The second kappa shape index (κ2) is 6.12. The zero-order chi connectivity index (χ0) is 13.9. The van der Waals surface area contributed by atoms with E-state index in [9.17, 15) is 4.79 Å². The van der Waals surface area contributed by atoms with Crippen LogP contribution in [0, 0.1) is 0 Å². The largest absolute Gasteiger partial charge is 0.369 e. The summed E-state index contributed by atoms with van der Waals surface area (Å²) in [5, 5.41) is 3.53. The summed E-state index contributed by atoms with van der Waals surface area (Å²) in [7, 11) is 2.11. The van der Waals surface area contributed by atoms with Crippen molar-refractivity contribution in [2.75, 3.05) is 33.2 Å². The first-order chi connectivity index (χ1) is 9.72. The van der Waals surface area contributed by atoms with Crippen molar-refractivity contribution >= 4 is 11.7 Å². The molecule has 0 spiro atoms. The van der Waals surface area contributed by atoms with Crippen molar-refractivity contribution in [3.63, 3.8) is 0 Å². The van der Waals surface area contributed by atoms with Gasteiger partial charge in [0.25, 0.3) is 0 Å². The highest BCUT2D eigenvalue weighted by Crippen LogP contribution is 2.25. The Labute approximate surface area is 121 Å². The summed E-state index contributed by atoms with van der Waals surface area (Å²) in [4.78, 5) is 21.2. The summed E-state index contributed by atoms with van der Waals surface area (Å²) in [5.74, 6) is 1.36. The predicted molar refractivity (Wildman–Crippen MR) is 79.9 cm³/mol. The molecule has 0 aromatic heterocycles. The molecule has 1 saturated carbocycles. The minimum absolute atomic E-state index is 0.289. The van der Waals surface area contributed by atoms with Gasteiger partial charge in [0.1, 0.15) is 0 Å². The van der Waals surface area contributed by atoms with Crippen LogP contribution in [0.2, 0.25) is 0 Å². The second-order valence-corrected chi connectivity index (χ2v) is 6.36. The number of nitrogens with one attached hydrogen (secondary N) is 1. The van der Waals surface area contributed by atoms with Crippen LogP contribution in [0.1, 0.15) is 38.5 Å². The smallest absolute Gasteiger partial charge is 0.223 e. The first-order valence-electron chi connectivity index (χ1n) is 8.02. The summed E-state index contributed by atoms with van der Waals surface area (Å²) < 4.78 is 0. The first-order valence-corrected chi connectivity index (χ1v) is 8.02. The van der Waals surface area contributed by atoms with Crippen LogP contribution in [0.15, 0.2) is 4.99 Å². The van der Waals surface area contributed by atoms with E-state index in [0.29, 0.717) is 18.5 Å². The molecule has 5 heteroatoms. The number of nitrogens with zero attached hydrogens (tertiary/aromatic N) is 3. The fourth-order valence-electron chi connectivity index (χ4n) is 3.46. The average Bonchev–Trinajstić information content (AvgIpc) is 2.88. The van der Waals surface area contributed by atoms with Gasteiger partial charge in [-0.15, -0.1) is 0 Å². The molecule has 2 heterocycles. The van der Waals surface area contributed by atoms with E-state index in [1.807, 2.05) is 4.90 Å². The Morgan fingerprint density at radius 1 is 1.25 bits per heavy atom. The number of fused-ring (bicyclic) bond motifs is 1. The topological polar surface area (TPSA) is 47.9 Å². The fraction of sp³-hybridized carbons (Fsp3) is 0.867. The Morgan fingerprint density at radius 3 is 2.75 bits per heavy atom. The molecule has 2 fully saturated rings. The van der Waals surface area contributed by atoms with Crippen molar-refractivity contribution in [2.24, 2.45) is 4.99 Å². The Balaban J connectivity index is 1.44. The lowest BCUT2D eigenvalue weighted by atomic mass is 9.92.